The standard InChI is InChI=1S/C19H28N4/c1-19(2,3)18-17-15(6-8-20-18)10-14(11-21-17)12-23-9-7-16(13-23)22(4)5/h6,8,10-11,16H,7,9,12-13H2,1-5H3/t16-/m0/s1. The van der Waals surface area contributed by atoms with Crippen LogP contribution in [0.25, 0.3) is 10.9 Å². The summed E-state index contributed by atoms with van der Waals surface area (Å²) in [5, 5.41) is 1.20. The van der Waals surface area contributed by atoms with Crippen LogP contribution in [-0.2, 0) is 12.0 Å². The van der Waals surface area contributed by atoms with E-state index in [0.717, 1.165) is 24.3 Å². The monoisotopic (exact) mass is 312 g/mol. The molecule has 1 aliphatic heterocycles. The molecule has 0 bridgehead atoms. The third-order valence-electron chi connectivity index (χ3n) is 4.75. The number of hydrogen-bond acceptors (Lipinski definition) is 4. The molecule has 2 aromatic rings. The van der Waals surface area contributed by atoms with Crippen molar-refractivity contribution in [1.29, 1.82) is 0 Å². The molecule has 124 valence electrons. The quantitative estimate of drug-likeness (QED) is 0.872. The minimum absolute atomic E-state index is 0.0158. The first-order chi connectivity index (χ1) is 10.8. The van der Waals surface area contributed by atoms with Gasteiger partial charge in [-0.3, -0.25) is 14.9 Å². The molecule has 0 N–H and O–H groups in total. The number of rotatable bonds is 3. The largest absolute Gasteiger partial charge is 0.305 e. The maximum atomic E-state index is 4.74. The van der Waals surface area contributed by atoms with E-state index in [1.165, 1.54) is 23.9 Å². The second-order valence-electron chi connectivity index (χ2n) is 7.97. The SMILES string of the molecule is CN(C)[C@H]1CCN(Cc2cnc3c(C(C)(C)C)nccc3c2)C1. The molecule has 0 spiro atoms. The van der Waals surface area contributed by atoms with E-state index in [1.807, 2.05) is 12.4 Å². The van der Waals surface area contributed by atoms with Gasteiger partial charge in [-0.1, -0.05) is 20.8 Å². The van der Waals surface area contributed by atoms with E-state index in [4.69, 9.17) is 4.98 Å². The van der Waals surface area contributed by atoms with Crippen LogP contribution >= 0.6 is 0 Å². The smallest absolute Gasteiger partial charge is 0.0922 e. The molecule has 4 heteroatoms. The molecular formula is C19H28N4. The molecule has 0 aliphatic carbocycles. The summed E-state index contributed by atoms with van der Waals surface area (Å²) in [6.07, 6.45) is 5.20. The number of pyridine rings is 2. The summed E-state index contributed by atoms with van der Waals surface area (Å²) in [5.74, 6) is 0. The van der Waals surface area contributed by atoms with Crippen molar-refractivity contribution in [2.24, 2.45) is 0 Å². The molecule has 4 nitrogen and oxygen atoms in total. The molecule has 0 amide bonds. The van der Waals surface area contributed by atoms with Crippen molar-refractivity contribution < 1.29 is 0 Å². The van der Waals surface area contributed by atoms with Gasteiger partial charge in [0.2, 0.25) is 0 Å². The van der Waals surface area contributed by atoms with Crippen LogP contribution in [0.1, 0.15) is 38.4 Å². The van der Waals surface area contributed by atoms with Gasteiger partial charge in [-0.25, -0.2) is 0 Å². The van der Waals surface area contributed by atoms with E-state index in [-0.39, 0.29) is 5.41 Å². The lowest BCUT2D eigenvalue weighted by Crippen LogP contribution is -2.31. The van der Waals surface area contributed by atoms with Crippen molar-refractivity contribution in [2.75, 3.05) is 27.2 Å². The van der Waals surface area contributed by atoms with Gasteiger partial charge in [-0.2, -0.15) is 0 Å². The molecule has 3 heterocycles. The first kappa shape index (κ1) is 16.3. The van der Waals surface area contributed by atoms with Crippen LogP contribution in [0.4, 0.5) is 0 Å². The van der Waals surface area contributed by atoms with Gasteiger partial charge < -0.3 is 4.90 Å². The molecule has 0 saturated carbocycles. The van der Waals surface area contributed by atoms with Crippen molar-refractivity contribution in [3.8, 4) is 0 Å². The van der Waals surface area contributed by atoms with E-state index in [2.05, 4.69) is 61.8 Å². The Kier molecular flexibility index (Phi) is 4.39. The fraction of sp³-hybridized carbons (Fsp3) is 0.579. The molecule has 0 unspecified atom stereocenters. The zero-order valence-electron chi connectivity index (χ0n) is 15.0. The maximum Gasteiger partial charge on any atom is 0.0922 e. The Morgan fingerprint density at radius 3 is 2.70 bits per heavy atom. The lowest BCUT2D eigenvalue weighted by Gasteiger charge is -2.21. The first-order valence-electron chi connectivity index (χ1n) is 8.47. The average Bonchev–Trinajstić information content (AvgIpc) is 2.94. The average molecular weight is 312 g/mol. The van der Waals surface area contributed by atoms with Crippen LogP contribution in [0.3, 0.4) is 0 Å². The van der Waals surface area contributed by atoms with Gasteiger partial charge in [0.15, 0.2) is 0 Å². The molecule has 1 aliphatic rings. The summed E-state index contributed by atoms with van der Waals surface area (Å²) in [6, 6.07) is 5.04. The van der Waals surface area contributed by atoms with Crippen LogP contribution in [-0.4, -0.2) is 53.0 Å². The number of likely N-dealkylation sites (tertiary alicyclic amines) is 1. The fourth-order valence-electron chi connectivity index (χ4n) is 3.38. The third-order valence-corrected chi connectivity index (χ3v) is 4.75. The number of nitrogens with zero attached hydrogens (tertiary/aromatic N) is 4. The lowest BCUT2D eigenvalue weighted by molar-refractivity contribution is 0.264. The summed E-state index contributed by atoms with van der Waals surface area (Å²) >= 11 is 0. The van der Waals surface area contributed by atoms with Gasteiger partial charge >= 0.3 is 0 Å². The molecule has 0 radical (unpaired) electrons. The minimum atomic E-state index is 0.0158. The third kappa shape index (κ3) is 3.54. The highest BCUT2D eigenvalue weighted by atomic mass is 15.2. The fourth-order valence-corrected chi connectivity index (χ4v) is 3.38. The molecule has 0 aromatic carbocycles. The molecule has 1 saturated heterocycles. The van der Waals surface area contributed by atoms with Crippen molar-refractivity contribution >= 4 is 10.9 Å². The Hall–Kier alpha value is -1.52. The van der Waals surface area contributed by atoms with E-state index in [9.17, 15) is 0 Å². The Labute approximate surface area is 139 Å². The second-order valence-corrected chi connectivity index (χ2v) is 7.97. The zero-order chi connectivity index (χ0) is 16.6. The lowest BCUT2D eigenvalue weighted by atomic mass is 9.90. The Morgan fingerprint density at radius 1 is 1.26 bits per heavy atom. The zero-order valence-corrected chi connectivity index (χ0v) is 15.0. The number of likely N-dealkylation sites (N-methyl/N-ethyl adjacent to an activating group) is 1. The predicted octanol–water partition coefficient (Wildman–Crippen LogP) is 3.06. The van der Waals surface area contributed by atoms with Gasteiger partial charge in [0, 0.05) is 48.9 Å². The van der Waals surface area contributed by atoms with Gasteiger partial charge in [0.05, 0.1) is 11.2 Å². The highest BCUT2D eigenvalue weighted by Crippen LogP contribution is 2.27. The molecule has 1 atom stereocenters. The molecule has 3 rings (SSSR count). The second kappa shape index (κ2) is 6.17. The number of hydrogen-bond donors (Lipinski definition) is 0. The first-order valence-corrected chi connectivity index (χ1v) is 8.47. The topological polar surface area (TPSA) is 32.3 Å². The van der Waals surface area contributed by atoms with E-state index in [1.54, 1.807) is 0 Å². The summed E-state index contributed by atoms with van der Waals surface area (Å²) < 4.78 is 0. The van der Waals surface area contributed by atoms with Crippen molar-refractivity contribution in [3.05, 3.63) is 35.8 Å². The molecule has 23 heavy (non-hydrogen) atoms. The number of aromatic nitrogens is 2. The Balaban J connectivity index is 1.82. The minimum Gasteiger partial charge on any atom is -0.305 e. The number of fused-ring (bicyclic) bond motifs is 1. The van der Waals surface area contributed by atoms with Gasteiger partial charge in [-0.15, -0.1) is 0 Å². The highest BCUT2D eigenvalue weighted by molar-refractivity contribution is 5.81. The van der Waals surface area contributed by atoms with Gasteiger partial charge in [0.25, 0.3) is 0 Å². The maximum absolute atomic E-state index is 4.74. The van der Waals surface area contributed by atoms with Crippen molar-refractivity contribution in [1.82, 2.24) is 19.8 Å². The van der Waals surface area contributed by atoms with Gasteiger partial charge in [-0.05, 0) is 38.2 Å². The van der Waals surface area contributed by atoms with Crippen LogP contribution < -0.4 is 0 Å². The van der Waals surface area contributed by atoms with Crippen molar-refractivity contribution in [3.63, 3.8) is 0 Å². The normalized spacial score (nSPS) is 19.8. The molecular weight excluding hydrogens is 284 g/mol. The van der Waals surface area contributed by atoms with Crippen LogP contribution in [0, 0.1) is 0 Å². The summed E-state index contributed by atoms with van der Waals surface area (Å²) in [6.45, 7) is 9.88. The van der Waals surface area contributed by atoms with E-state index in [0.29, 0.717) is 6.04 Å². The predicted molar refractivity (Wildman–Crippen MR) is 95.6 cm³/mol. The van der Waals surface area contributed by atoms with Gasteiger partial charge in [0.1, 0.15) is 0 Å². The summed E-state index contributed by atoms with van der Waals surface area (Å²) in [5.41, 5.74) is 3.43. The van der Waals surface area contributed by atoms with E-state index < -0.39 is 0 Å². The summed E-state index contributed by atoms with van der Waals surface area (Å²) in [7, 11) is 4.35. The van der Waals surface area contributed by atoms with Crippen molar-refractivity contribution in [2.45, 2.75) is 45.2 Å². The molecule has 2 aromatic heterocycles. The van der Waals surface area contributed by atoms with Crippen LogP contribution in [0.15, 0.2) is 24.5 Å². The Bertz CT molecular complexity index is 687. The van der Waals surface area contributed by atoms with E-state index >= 15 is 0 Å². The summed E-state index contributed by atoms with van der Waals surface area (Å²) in [4.78, 5) is 14.2. The van der Waals surface area contributed by atoms with Crippen LogP contribution in [0.5, 0.6) is 0 Å². The molecule has 1 fully saturated rings. The Morgan fingerprint density at radius 2 is 2.04 bits per heavy atom. The van der Waals surface area contributed by atoms with Crippen LogP contribution in [0.2, 0.25) is 0 Å². The highest BCUT2D eigenvalue weighted by Gasteiger charge is 2.24.